The van der Waals surface area contributed by atoms with Gasteiger partial charge in [-0.15, -0.1) is 0 Å². The number of phosphoric acid groups is 1. The van der Waals surface area contributed by atoms with Gasteiger partial charge in [0.15, 0.2) is 5.41 Å². The molecule has 0 spiro atoms. The van der Waals surface area contributed by atoms with Crippen LogP contribution >= 0.6 is 7.82 Å². The van der Waals surface area contributed by atoms with Gasteiger partial charge in [-0.1, -0.05) is 0 Å². The van der Waals surface area contributed by atoms with Crippen molar-refractivity contribution in [1.29, 1.82) is 0 Å². The second-order valence-corrected chi connectivity index (χ2v) is 3.78. The number of carbonyl (C=O) groups is 2. The molecular weight excluding hydrogens is 219 g/mol. The highest BCUT2D eigenvalue weighted by Crippen LogP contribution is 2.25. The highest BCUT2D eigenvalue weighted by Gasteiger charge is 2.35. The molecule has 5 N–H and O–H groups in total. The van der Waals surface area contributed by atoms with E-state index in [1.165, 1.54) is 0 Å². The van der Waals surface area contributed by atoms with Gasteiger partial charge in [0.1, 0.15) is 0 Å². The van der Waals surface area contributed by atoms with Crippen LogP contribution in [0.2, 0.25) is 0 Å². The van der Waals surface area contributed by atoms with Crippen molar-refractivity contribution in [3.63, 3.8) is 0 Å². The average molecular weight is 230 g/mol. The molecule has 0 amide bonds. The van der Waals surface area contributed by atoms with Gasteiger partial charge >= 0.3 is 19.8 Å². The maximum absolute atomic E-state index is 10.1. The normalized spacial score (nSPS) is 11.2. The van der Waals surface area contributed by atoms with E-state index in [4.69, 9.17) is 29.5 Å². The third kappa shape index (κ3) is 9.14. The molecule has 0 aromatic carbocycles. The number of carboxylic acid groups (broad SMARTS) is 2. The van der Waals surface area contributed by atoms with Crippen LogP contribution in [0, 0.1) is 5.41 Å². The summed E-state index contributed by atoms with van der Waals surface area (Å²) in [5.74, 6) is -2.65. The summed E-state index contributed by atoms with van der Waals surface area (Å²) in [6, 6.07) is 0. The molecule has 0 bridgehead atoms. The van der Waals surface area contributed by atoms with Crippen LogP contribution in [0.1, 0.15) is 13.8 Å². The second kappa shape index (κ2) is 5.06. The van der Waals surface area contributed by atoms with Gasteiger partial charge in [0.2, 0.25) is 0 Å². The highest BCUT2D eigenvalue weighted by atomic mass is 31.2. The average Bonchev–Trinajstić information content (AvgIpc) is 1.82. The molecule has 0 saturated carbocycles. The summed E-state index contributed by atoms with van der Waals surface area (Å²) >= 11 is 0. The molecule has 84 valence electrons. The van der Waals surface area contributed by atoms with Gasteiger partial charge in [-0.25, -0.2) is 4.57 Å². The van der Waals surface area contributed by atoms with Gasteiger partial charge in [0, 0.05) is 0 Å². The zero-order valence-corrected chi connectivity index (χ0v) is 8.30. The lowest BCUT2D eigenvalue weighted by molar-refractivity contribution is -0.161. The third-order valence-corrected chi connectivity index (χ3v) is 1.07. The molecule has 0 aliphatic rings. The van der Waals surface area contributed by atoms with Crippen molar-refractivity contribution in [2.75, 3.05) is 0 Å². The van der Waals surface area contributed by atoms with E-state index in [2.05, 4.69) is 0 Å². The fourth-order valence-electron chi connectivity index (χ4n) is 0.0915. The van der Waals surface area contributed by atoms with Crippen molar-refractivity contribution in [1.82, 2.24) is 0 Å². The van der Waals surface area contributed by atoms with Gasteiger partial charge in [0.05, 0.1) is 0 Å². The Balaban J connectivity index is 0. The maximum Gasteiger partial charge on any atom is 0.466 e. The Morgan fingerprint density at radius 1 is 1.00 bits per heavy atom. The number of carboxylic acids is 2. The first kappa shape index (κ1) is 15.5. The monoisotopic (exact) mass is 230 g/mol. The van der Waals surface area contributed by atoms with Crippen molar-refractivity contribution >= 4 is 19.8 Å². The summed E-state index contributed by atoms with van der Waals surface area (Å²) in [6.45, 7) is 2.27. The van der Waals surface area contributed by atoms with Crippen LogP contribution in [-0.2, 0) is 14.2 Å². The van der Waals surface area contributed by atoms with E-state index in [-0.39, 0.29) is 0 Å². The minimum atomic E-state index is -4.64. The quantitative estimate of drug-likeness (QED) is 0.307. The van der Waals surface area contributed by atoms with Crippen LogP contribution < -0.4 is 0 Å². The first-order chi connectivity index (χ1) is 5.89. The molecule has 0 radical (unpaired) electrons. The Bertz CT molecular complexity index is 239. The summed E-state index contributed by atoms with van der Waals surface area (Å²) in [7, 11) is -4.64. The topological polar surface area (TPSA) is 152 Å². The standard InChI is InChI=1S/C5H8O4.H3O4P/c1-5(2,3(6)7)4(8)9;1-5(2,3)4/h1-2H3,(H,6,7)(H,8,9);(H3,1,2,3,4). The predicted octanol–water partition coefficient (Wildman–Crippen LogP) is -0.747. The van der Waals surface area contributed by atoms with Crippen molar-refractivity contribution < 1.29 is 39.0 Å². The Kier molecular flexibility index (Phi) is 5.61. The molecule has 0 saturated heterocycles. The van der Waals surface area contributed by atoms with E-state index in [1.54, 1.807) is 0 Å². The van der Waals surface area contributed by atoms with E-state index in [0.29, 0.717) is 0 Å². The van der Waals surface area contributed by atoms with E-state index >= 15 is 0 Å². The van der Waals surface area contributed by atoms with Crippen LogP contribution in [0.3, 0.4) is 0 Å². The van der Waals surface area contributed by atoms with Crippen molar-refractivity contribution in [3.8, 4) is 0 Å². The second-order valence-electron chi connectivity index (χ2n) is 2.75. The summed E-state index contributed by atoms with van der Waals surface area (Å²) < 4.78 is 8.88. The predicted molar refractivity (Wildman–Crippen MR) is 43.3 cm³/mol. The Labute approximate surface area is 79.0 Å². The fraction of sp³-hybridized carbons (Fsp3) is 0.600. The smallest absolute Gasteiger partial charge is 0.466 e. The highest BCUT2D eigenvalue weighted by molar-refractivity contribution is 7.45. The van der Waals surface area contributed by atoms with Gasteiger partial charge in [0.25, 0.3) is 0 Å². The van der Waals surface area contributed by atoms with Crippen molar-refractivity contribution in [3.05, 3.63) is 0 Å². The first-order valence-electron chi connectivity index (χ1n) is 3.14. The molecule has 0 aliphatic carbocycles. The molecule has 0 fully saturated rings. The minimum Gasteiger partial charge on any atom is -0.480 e. The number of rotatable bonds is 2. The van der Waals surface area contributed by atoms with E-state index in [9.17, 15) is 9.59 Å². The molecule has 0 atom stereocenters. The molecule has 0 unspecified atom stereocenters. The molecule has 14 heavy (non-hydrogen) atoms. The van der Waals surface area contributed by atoms with Gasteiger partial charge in [-0.05, 0) is 13.8 Å². The lowest BCUT2D eigenvalue weighted by atomic mass is 9.95. The SMILES string of the molecule is CC(C)(C(=O)O)C(=O)O.O=P(O)(O)O. The largest absolute Gasteiger partial charge is 0.480 e. The lowest BCUT2D eigenvalue weighted by Crippen LogP contribution is -2.32. The third-order valence-electron chi connectivity index (χ3n) is 1.07. The summed E-state index contributed by atoms with van der Waals surface area (Å²) in [5.41, 5.74) is -1.67. The van der Waals surface area contributed by atoms with Gasteiger partial charge in [-0.2, -0.15) is 0 Å². The number of hydrogen-bond donors (Lipinski definition) is 5. The van der Waals surface area contributed by atoms with Crippen LogP contribution in [0.25, 0.3) is 0 Å². The zero-order valence-electron chi connectivity index (χ0n) is 7.41. The number of hydrogen-bond acceptors (Lipinski definition) is 3. The molecule has 0 aromatic rings. The summed E-state index contributed by atoms with van der Waals surface area (Å²) in [6.07, 6.45) is 0. The molecule has 0 aromatic heterocycles. The fourth-order valence-corrected chi connectivity index (χ4v) is 0.0915. The summed E-state index contributed by atoms with van der Waals surface area (Å²) in [5, 5.41) is 16.5. The molecular formula is C5H11O8P. The van der Waals surface area contributed by atoms with Crippen molar-refractivity contribution in [2.45, 2.75) is 13.8 Å². The van der Waals surface area contributed by atoms with E-state index in [0.717, 1.165) is 13.8 Å². The van der Waals surface area contributed by atoms with E-state index in [1.807, 2.05) is 0 Å². The molecule has 0 heterocycles. The molecule has 0 aliphatic heterocycles. The Morgan fingerprint density at radius 3 is 1.14 bits per heavy atom. The van der Waals surface area contributed by atoms with E-state index < -0.39 is 25.2 Å². The first-order valence-corrected chi connectivity index (χ1v) is 4.70. The van der Waals surface area contributed by atoms with Crippen LogP contribution in [0.15, 0.2) is 0 Å². The Morgan fingerprint density at radius 2 is 1.14 bits per heavy atom. The maximum atomic E-state index is 10.1. The van der Waals surface area contributed by atoms with Crippen molar-refractivity contribution in [2.24, 2.45) is 5.41 Å². The van der Waals surface area contributed by atoms with Crippen LogP contribution in [0.5, 0.6) is 0 Å². The van der Waals surface area contributed by atoms with Gasteiger partial charge in [-0.3, -0.25) is 9.59 Å². The number of aliphatic carboxylic acids is 2. The van der Waals surface area contributed by atoms with Crippen LogP contribution in [-0.4, -0.2) is 36.8 Å². The van der Waals surface area contributed by atoms with Crippen LogP contribution in [0.4, 0.5) is 0 Å². The zero-order chi connectivity index (χ0) is 12.2. The summed E-state index contributed by atoms with van der Waals surface area (Å²) in [4.78, 5) is 41.7. The molecule has 9 heteroatoms. The Hall–Kier alpha value is -0.950. The van der Waals surface area contributed by atoms with Gasteiger partial charge < -0.3 is 24.9 Å². The molecule has 8 nitrogen and oxygen atoms in total. The minimum absolute atomic E-state index is 1.14. The molecule has 0 rings (SSSR count). The lowest BCUT2D eigenvalue weighted by Gasteiger charge is -2.10.